The normalized spacial score (nSPS) is 28.3. The molecule has 1 aromatic carbocycles. The molecule has 0 saturated carbocycles. The van der Waals surface area contributed by atoms with Gasteiger partial charge in [0.15, 0.2) is 11.6 Å². The fraction of sp³-hybridized carbons (Fsp3) is 0.536. The van der Waals surface area contributed by atoms with Crippen LogP contribution in [0.3, 0.4) is 0 Å². The molecule has 3 heterocycles. The van der Waals surface area contributed by atoms with Crippen LogP contribution < -0.4 is 11.1 Å². The van der Waals surface area contributed by atoms with E-state index in [9.17, 15) is 36.0 Å². The first-order chi connectivity index (χ1) is 19.5. The summed E-state index contributed by atoms with van der Waals surface area (Å²) in [6.45, 7) is -0.189. The number of hydrogen-bond donors (Lipinski definition) is 2. The number of piperidine rings is 1. The summed E-state index contributed by atoms with van der Waals surface area (Å²) >= 11 is 0. The molecule has 0 spiro atoms. The Hall–Kier alpha value is -3.03. The van der Waals surface area contributed by atoms with E-state index in [-0.39, 0.29) is 67.1 Å². The number of nitrogens with one attached hydrogen (secondary N) is 1. The predicted octanol–water partition coefficient (Wildman–Crippen LogP) is 1.78. The van der Waals surface area contributed by atoms with Gasteiger partial charge in [-0.3, -0.25) is 19.3 Å². The third kappa shape index (κ3) is 5.98. The summed E-state index contributed by atoms with van der Waals surface area (Å²) in [6, 6.07) is 0.210. The Kier molecular flexibility index (Phi) is 8.40. The van der Waals surface area contributed by atoms with Crippen molar-refractivity contribution in [3.05, 3.63) is 59.5 Å². The van der Waals surface area contributed by atoms with Crippen LogP contribution in [0.4, 0.5) is 13.2 Å². The van der Waals surface area contributed by atoms with Crippen molar-refractivity contribution in [3.63, 3.8) is 0 Å². The number of carbonyl (C=O) groups excluding carboxylic acids is 3. The van der Waals surface area contributed by atoms with Gasteiger partial charge in [-0.25, -0.2) is 21.6 Å². The Bertz CT molecular complexity index is 1360. The lowest BCUT2D eigenvalue weighted by molar-refractivity contribution is -0.139. The van der Waals surface area contributed by atoms with Gasteiger partial charge in [-0.2, -0.15) is 4.31 Å². The Labute approximate surface area is 236 Å². The minimum atomic E-state index is -3.71. The van der Waals surface area contributed by atoms with Crippen molar-refractivity contribution in [2.75, 3.05) is 18.8 Å². The fourth-order valence-corrected chi connectivity index (χ4v) is 8.48. The maximum atomic E-state index is 14.1. The molecule has 9 nitrogen and oxygen atoms in total. The van der Waals surface area contributed by atoms with Crippen LogP contribution in [0.25, 0.3) is 0 Å². The highest BCUT2D eigenvalue weighted by Gasteiger charge is 2.48. The highest BCUT2D eigenvalue weighted by atomic mass is 32.2. The highest BCUT2D eigenvalue weighted by molar-refractivity contribution is 7.89. The average molecular weight is 595 g/mol. The zero-order valence-corrected chi connectivity index (χ0v) is 23.2. The number of hydrogen-bond acceptors (Lipinski definition) is 6. The number of amides is 3. The van der Waals surface area contributed by atoms with E-state index in [0.29, 0.717) is 31.7 Å². The molecule has 3 aliphatic heterocycles. The molecule has 0 radical (unpaired) electrons. The first-order valence-corrected chi connectivity index (χ1v) is 15.4. The topological polar surface area (TPSA) is 130 Å². The number of allylic oxidation sites excluding steroid dienone is 2. The predicted molar refractivity (Wildman–Crippen MR) is 143 cm³/mol. The quantitative estimate of drug-likeness (QED) is 0.314. The zero-order valence-electron chi connectivity index (χ0n) is 22.3. The van der Waals surface area contributed by atoms with Gasteiger partial charge in [0.2, 0.25) is 27.7 Å². The van der Waals surface area contributed by atoms with Crippen LogP contribution in [0.2, 0.25) is 0 Å². The smallest absolute Gasteiger partial charge is 0.237 e. The Morgan fingerprint density at radius 1 is 0.976 bits per heavy atom. The molecule has 0 aromatic heterocycles. The fourth-order valence-electron chi connectivity index (χ4n) is 6.62. The molecule has 3 saturated heterocycles. The molecule has 3 fully saturated rings. The van der Waals surface area contributed by atoms with E-state index >= 15 is 0 Å². The first kappa shape index (κ1) is 29.5. The van der Waals surface area contributed by atoms with Gasteiger partial charge >= 0.3 is 0 Å². The van der Waals surface area contributed by atoms with Gasteiger partial charge in [0.25, 0.3) is 0 Å². The lowest BCUT2D eigenvalue weighted by Crippen LogP contribution is -2.51. The number of nitrogens with two attached hydrogens (primary N) is 1. The van der Waals surface area contributed by atoms with Crippen LogP contribution in [-0.2, 0) is 30.8 Å². The van der Waals surface area contributed by atoms with E-state index in [2.05, 4.69) is 5.32 Å². The van der Waals surface area contributed by atoms with Gasteiger partial charge in [-0.05, 0) is 49.7 Å². The summed E-state index contributed by atoms with van der Waals surface area (Å²) in [5.41, 5.74) is 6.32. The van der Waals surface area contributed by atoms with Crippen LogP contribution in [-0.4, -0.2) is 72.3 Å². The van der Waals surface area contributed by atoms with E-state index in [1.807, 2.05) is 0 Å². The van der Waals surface area contributed by atoms with Crippen molar-refractivity contribution >= 4 is 27.7 Å². The van der Waals surface area contributed by atoms with Gasteiger partial charge in [0.1, 0.15) is 5.82 Å². The van der Waals surface area contributed by atoms with Crippen LogP contribution >= 0.6 is 0 Å². The maximum Gasteiger partial charge on any atom is 0.237 e. The second-order valence-electron chi connectivity index (χ2n) is 11.2. The Balaban J connectivity index is 1.09. The van der Waals surface area contributed by atoms with Crippen LogP contribution in [0.5, 0.6) is 0 Å². The summed E-state index contributed by atoms with van der Waals surface area (Å²) in [6.07, 6.45) is 8.90. The molecule has 3 unspecified atom stereocenters. The van der Waals surface area contributed by atoms with Gasteiger partial charge in [-0.1, -0.05) is 24.3 Å². The van der Waals surface area contributed by atoms with Crippen molar-refractivity contribution in [1.82, 2.24) is 14.5 Å². The van der Waals surface area contributed by atoms with Crippen molar-refractivity contribution in [3.8, 4) is 0 Å². The van der Waals surface area contributed by atoms with Crippen LogP contribution in [0.15, 0.2) is 36.4 Å². The highest BCUT2D eigenvalue weighted by Crippen LogP contribution is 2.42. The molecular weight excluding hydrogens is 561 g/mol. The standard InChI is InChI=1S/C28H33F3N4O5S/c29-22-15-24(31)23(30)13-16(22)14-25(32)17-11-18-5-6-19(12-17)35(18)41(39,40)10-8-33-26(36)7-9-34-27(37)20-3-1-2-4-21(20)28(34)38/h1-4,13,15,17-21,25H,5-12,14,32H2,(H,33,36)/t17-,18-,19+,20?,21?,25?. The third-order valence-electron chi connectivity index (χ3n) is 8.66. The number of likely N-dealkylation sites (tertiary alicyclic amines) is 1. The second-order valence-corrected chi connectivity index (χ2v) is 13.2. The number of nitrogens with zero attached hydrogens (tertiary/aromatic N) is 2. The van der Waals surface area contributed by atoms with E-state index in [0.717, 1.165) is 11.0 Å². The summed E-state index contributed by atoms with van der Waals surface area (Å²) in [4.78, 5) is 38.5. The lowest BCUT2D eigenvalue weighted by Gasteiger charge is -2.40. The van der Waals surface area contributed by atoms with Crippen LogP contribution in [0.1, 0.15) is 37.7 Å². The van der Waals surface area contributed by atoms with Crippen molar-refractivity contribution in [2.45, 2.75) is 56.7 Å². The number of fused-ring (bicyclic) bond motifs is 3. The molecular formula is C28H33F3N4O5S. The summed E-state index contributed by atoms with van der Waals surface area (Å²) < 4.78 is 68.9. The average Bonchev–Trinajstić information content (AvgIpc) is 3.35. The molecule has 1 aliphatic carbocycles. The van der Waals surface area contributed by atoms with Gasteiger partial charge < -0.3 is 11.1 Å². The molecule has 1 aromatic rings. The van der Waals surface area contributed by atoms with Crippen molar-refractivity contribution < 1.29 is 36.0 Å². The number of carbonyl (C=O) groups is 3. The van der Waals surface area contributed by atoms with Crippen molar-refractivity contribution in [2.24, 2.45) is 23.5 Å². The largest absolute Gasteiger partial charge is 0.355 e. The van der Waals surface area contributed by atoms with Gasteiger partial charge in [0, 0.05) is 43.7 Å². The van der Waals surface area contributed by atoms with E-state index in [1.165, 1.54) is 4.31 Å². The molecule has 5 rings (SSSR count). The second kappa shape index (κ2) is 11.7. The van der Waals surface area contributed by atoms with E-state index in [1.54, 1.807) is 24.3 Å². The molecule has 13 heteroatoms. The van der Waals surface area contributed by atoms with Gasteiger partial charge in [0.05, 0.1) is 17.6 Å². The Morgan fingerprint density at radius 3 is 2.17 bits per heavy atom. The van der Waals surface area contributed by atoms with E-state index < -0.39 is 51.3 Å². The summed E-state index contributed by atoms with van der Waals surface area (Å²) in [7, 11) is -3.71. The van der Waals surface area contributed by atoms with E-state index in [4.69, 9.17) is 5.73 Å². The molecule has 222 valence electrons. The lowest BCUT2D eigenvalue weighted by atomic mass is 9.83. The third-order valence-corrected chi connectivity index (χ3v) is 10.6. The minimum Gasteiger partial charge on any atom is -0.355 e. The van der Waals surface area contributed by atoms with Gasteiger partial charge in [-0.15, -0.1) is 0 Å². The first-order valence-electron chi connectivity index (χ1n) is 13.8. The SMILES string of the molecule is NC(Cc1cc(F)c(F)cc1F)[C@@H]1C[C@H]2CC[C@@H](C1)N2S(=O)(=O)CCNC(=O)CCN1C(=O)C2C=CC=CC2C1=O. The maximum absolute atomic E-state index is 14.1. The molecule has 4 aliphatic rings. The number of benzene rings is 1. The van der Waals surface area contributed by atoms with Crippen LogP contribution in [0, 0.1) is 35.2 Å². The molecule has 2 bridgehead atoms. The number of imide groups is 1. The minimum absolute atomic E-state index is 0.00918. The number of halogens is 3. The molecule has 6 atom stereocenters. The summed E-state index contributed by atoms with van der Waals surface area (Å²) in [5, 5.41) is 2.58. The zero-order chi connectivity index (χ0) is 29.5. The monoisotopic (exact) mass is 594 g/mol. The molecule has 3 amide bonds. The molecule has 41 heavy (non-hydrogen) atoms. The number of rotatable bonds is 10. The molecule has 3 N–H and O–H groups in total. The number of sulfonamides is 1. The Morgan fingerprint density at radius 2 is 1.56 bits per heavy atom. The summed E-state index contributed by atoms with van der Waals surface area (Å²) in [5.74, 6) is -5.92. The van der Waals surface area contributed by atoms with Crippen molar-refractivity contribution in [1.29, 1.82) is 0 Å².